The molecule has 0 aliphatic rings. The van der Waals surface area contributed by atoms with Gasteiger partial charge in [0.1, 0.15) is 0 Å². The highest BCUT2D eigenvalue weighted by molar-refractivity contribution is 5.87. The highest BCUT2D eigenvalue weighted by atomic mass is 16.3. The lowest BCUT2D eigenvalue weighted by Crippen LogP contribution is -2.14. The van der Waals surface area contributed by atoms with Gasteiger partial charge in [-0.25, -0.2) is 4.98 Å². The number of pyridine rings is 1. The predicted molar refractivity (Wildman–Crippen MR) is 60.0 cm³/mol. The molecule has 0 saturated heterocycles. The molecule has 0 bridgehead atoms. The van der Waals surface area contributed by atoms with Crippen LogP contribution in [0, 0.1) is 0 Å². The summed E-state index contributed by atoms with van der Waals surface area (Å²) in [5.74, 6) is 0.113. The number of H-pyrrole nitrogens is 1. The topological polar surface area (TPSA) is 52.2 Å². The molecule has 2 aromatic heterocycles. The lowest BCUT2D eigenvalue weighted by molar-refractivity contribution is 0.413. The van der Waals surface area contributed by atoms with Crippen molar-refractivity contribution in [2.24, 2.45) is 0 Å². The van der Waals surface area contributed by atoms with E-state index < -0.39 is 0 Å². The average molecular weight is 205 g/mol. The summed E-state index contributed by atoms with van der Waals surface area (Å²) in [6, 6.07) is 1.87. The molecule has 2 N–H and O–H groups in total. The highest BCUT2D eigenvalue weighted by Gasteiger charge is 2.08. The van der Waals surface area contributed by atoms with Crippen LogP contribution in [0.3, 0.4) is 0 Å². The summed E-state index contributed by atoms with van der Waals surface area (Å²) >= 11 is 0. The Morgan fingerprint density at radius 2 is 2.27 bits per heavy atom. The maximum absolute atomic E-state index is 9.66. The van der Waals surface area contributed by atoms with Gasteiger partial charge in [-0.1, -0.05) is 0 Å². The van der Waals surface area contributed by atoms with Gasteiger partial charge in [-0.05, 0) is 32.1 Å². The zero-order valence-corrected chi connectivity index (χ0v) is 8.99. The molecule has 0 unspecified atom stereocenters. The molecule has 4 nitrogen and oxygen atoms in total. The minimum Gasteiger partial charge on any atom is -0.493 e. The number of hydrogen-bond acceptors (Lipinski definition) is 3. The predicted octanol–water partition coefficient (Wildman–Crippen LogP) is 1.37. The van der Waals surface area contributed by atoms with Crippen LogP contribution in [0.1, 0.15) is 5.56 Å². The first-order valence-electron chi connectivity index (χ1n) is 4.97. The van der Waals surface area contributed by atoms with E-state index in [9.17, 15) is 5.11 Å². The lowest BCUT2D eigenvalue weighted by Gasteiger charge is -2.08. The number of aromatic amines is 1. The largest absolute Gasteiger partial charge is 0.493 e. The molecule has 0 aliphatic carbocycles. The molecule has 0 saturated carbocycles. The van der Waals surface area contributed by atoms with E-state index >= 15 is 0 Å². The fourth-order valence-electron chi connectivity index (χ4n) is 1.67. The molecule has 2 heterocycles. The van der Waals surface area contributed by atoms with Crippen LogP contribution < -0.4 is 0 Å². The van der Waals surface area contributed by atoms with Crippen molar-refractivity contribution < 1.29 is 5.11 Å². The number of aromatic nitrogens is 2. The molecule has 0 fully saturated rings. The number of nitrogens with zero attached hydrogens (tertiary/aromatic N) is 2. The lowest BCUT2D eigenvalue weighted by atomic mass is 10.1. The van der Waals surface area contributed by atoms with Gasteiger partial charge in [-0.2, -0.15) is 0 Å². The van der Waals surface area contributed by atoms with E-state index in [4.69, 9.17) is 0 Å². The molecular formula is C11H15N3O. The molecule has 0 spiro atoms. The minimum absolute atomic E-state index is 0.113. The van der Waals surface area contributed by atoms with Gasteiger partial charge in [0.05, 0.1) is 10.9 Å². The Bertz CT molecular complexity index is 462. The van der Waals surface area contributed by atoms with Gasteiger partial charge in [0, 0.05) is 18.9 Å². The Morgan fingerprint density at radius 1 is 1.47 bits per heavy atom. The van der Waals surface area contributed by atoms with Gasteiger partial charge in [0.15, 0.2) is 0 Å². The normalized spacial score (nSPS) is 11.4. The summed E-state index contributed by atoms with van der Waals surface area (Å²) in [5, 5.41) is 10.5. The zero-order chi connectivity index (χ0) is 10.8. The molecule has 0 radical (unpaired) electrons. The van der Waals surface area contributed by atoms with Crippen LogP contribution in [-0.2, 0) is 6.42 Å². The van der Waals surface area contributed by atoms with Crippen LogP contribution in [0.2, 0.25) is 0 Å². The Hall–Kier alpha value is -1.55. The first kappa shape index (κ1) is 9.98. The van der Waals surface area contributed by atoms with E-state index in [0.29, 0.717) is 0 Å². The van der Waals surface area contributed by atoms with Crippen molar-refractivity contribution in [3.8, 4) is 5.88 Å². The Kier molecular flexibility index (Phi) is 2.60. The second-order valence-electron chi connectivity index (χ2n) is 3.92. The van der Waals surface area contributed by atoms with Gasteiger partial charge in [-0.15, -0.1) is 0 Å². The van der Waals surface area contributed by atoms with Crippen molar-refractivity contribution in [1.82, 2.24) is 14.9 Å². The fraction of sp³-hybridized carbons (Fsp3) is 0.364. The third-order valence-electron chi connectivity index (χ3n) is 2.48. The standard InChI is InChI=1S/C11H15N3O/c1-14(2)6-4-8-7-13-9-3-5-12-11(15)10(8)9/h3,5,7,13H,4,6H2,1-2H3,(H,12,15). The third-order valence-corrected chi connectivity index (χ3v) is 2.48. The number of likely N-dealkylation sites (N-methyl/N-ethyl adjacent to an activating group) is 1. The van der Waals surface area contributed by atoms with Crippen molar-refractivity contribution in [2.75, 3.05) is 20.6 Å². The molecular weight excluding hydrogens is 190 g/mol. The molecule has 15 heavy (non-hydrogen) atoms. The van der Waals surface area contributed by atoms with Crippen LogP contribution in [0.4, 0.5) is 0 Å². The van der Waals surface area contributed by atoms with Crippen molar-refractivity contribution in [2.45, 2.75) is 6.42 Å². The summed E-state index contributed by atoms with van der Waals surface area (Å²) in [7, 11) is 4.07. The summed E-state index contributed by atoms with van der Waals surface area (Å²) in [5.41, 5.74) is 2.06. The van der Waals surface area contributed by atoms with Crippen LogP contribution >= 0.6 is 0 Å². The number of rotatable bonds is 3. The van der Waals surface area contributed by atoms with Gasteiger partial charge in [0.2, 0.25) is 5.88 Å². The Morgan fingerprint density at radius 3 is 3.00 bits per heavy atom. The van der Waals surface area contributed by atoms with E-state index in [-0.39, 0.29) is 5.88 Å². The molecule has 0 atom stereocenters. The smallest absolute Gasteiger partial charge is 0.220 e. The summed E-state index contributed by atoms with van der Waals surface area (Å²) in [6.07, 6.45) is 4.45. The zero-order valence-electron chi connectivity index (χ0n) is 8.99. The molecule has 4 heteroatoms. The second kappa shape index (κ2) is 3.90. The third kappa shape index (κ3) is 1.94. The molecule has 0 aromatic carbocycles. The maximum atomic E-state index is 9.66. The molecule has 0 amide bonds. The molecule has 2 rings (SSSR count). The number of aromatic hydroxyl groups is 1. The fourth-order valence-corrected chi connectivity index (χ4v) is 1.67. The van der Waals surface area contributed by atoms with E-state index in [2.05, 4.69) is 14.9 Å². The van der Waals surface area contributed by atoms with E-state index in [0.717, 1.165) is 29.4 Å². The van der Waals surface area contributed by atoms with Crippen LogP contribution in [0.15, 0.2) is 18.5 Å². The number of nitrogens with one attached hydrogen (secondary N) is 1. The van der Waals surface area contributed by atoms with Crippen molar-refractivity contribution in [3.05, 3.63) is 24.0 Å². The molecule has 2 aromatic rings. The van der Waals surface area contributed by atoms with Gasteiger partial charge in [0.25, 0.3) is 0 Å². The van der Waals surface area contributed by atoms with Gasteiger partial charge >= 0.3 is 0 Å². The maximum Gasteiger partial charge on any atom is 0.220 e. The van der Waals surface area contributed by atoms with E-state index in [1.54, 1.807) is 6.20 Å². The monoisotopic (exact) mass is 205 g/mol. The molecule has 0 aliphatic heterocycles. The Balaban J connectivity index is 2.35. The average Bonchev–Trinajstić information content (AvgIpc) is 2.59. The second-order valence-corrected chi connectivity index (χ2v) is 3.92. The van der Waals surface area contributed by atoms with E-state index in [1.165, 1.54) is 0 Å². The quantitative estimate of drug-likeness (QED) is 0.795. The summed E-state index contributed by atoms with van der Waals surface area (Å²) < 4.78 is 0. The number of fused-ring (bicyclic) bond motifs is 1. The van der Waals surface area contributed by atoms with Crippen LogP contribution in [0.5, 0.6) is 5.88 Å². The van der Waals surface area contributed by atoms with Crippen LogP contribution in [0.25, 0.3) is 10.9 Å². The Labute approximate surface area is 88.6 Å². The molecule has 80 valence electrons. The SMILES string of the molecule is CN(C)CCc1c[nH]c2ccnc(O)c12. The van der Waals surface area contributed by atoms with Gasteiger partial charge < -0.3 is 15.0 Å². The minimum atomic E-state index is 0.113. The van der Waals surface area contributed by atoms with Crippen molar-refractivity contribution in [3.63, 3.8) is 0 Å². The highest BCUT2D eigenvalue weighted by Crippen LogP contribution is 2.25. The van der Waals surface area contributed by atoms with E-state index in [1.807, 2.05) is 26.4 Å². The number of hydrogen-bond donors (Lipinski definition) is 2. The van der Waals surface area contributed by atoms with Gasteiger partial charge in [-0.3, -0.25) is 0 Å². The first-order valence-corrected chi connectivity index (χ1v) is 4.97. The first-order chi connectivity index (χ1) is 7.18. The van der Waals surface area contributed by atoms with Crippen molar-refractivity contribution >= 4 is 10.9 Å². The van der Waals surface area contributed by atoms with Crippen molar-refractivity contribution in [1.29, 1.82) is 0 Å². The summed E-state index contributed by atoms with van der Waals surface area (Å²) in [4.78, 5) is 9.14. The van der Waals surface area contributed by atoms with Crippen LogP contribution in [-0.4, -0.2) is 40.6 Å². The summed E-state index contributed by atoms with van der Waals surface area (Å²) in [6.45, 7) is 0.960.